The Balaban J connectivity index is 0.00000169. The summed E-state index contributed by atoms with van der Waals surface area (Å²) >= 11 is 0. The maximum absolute atomic E-state index is 12.3. The molecule has 5 nitrogen and oxygen atoms in total. The lowest BCUT2D eigenvalue weighted by atomic mass is 10.00. The Morgan fingerprint density at radius 3 is 2.50 bits per heavy atom. The third-order valence-corrected chi connectivity index (χ3v) is 4.58. The Morgan fingerprint density at radius 2 is 1.79 bits per heavy atom. The maximum atomic E-state index is 12.3. The third kappa shape index (κ3) is 3.74. The van der Waals surface area contributed by atoms with E-state index in [0.29, 0.717) is 29.5 Å². The average Bonchev–Trinajstić information content (AvgIpc) is 3.15. The number of amides is 1. The molecule has 24 heavy (non-hydrogen) atoms. The summed E-state index contributed by atoms with van der Waals surface area (Å²) in [4.78, 5) is 12.3. The molecule has 3 heterocycles. The molecule has 2 aromatic rings. The van der Waals surface area contributed by atoms with Crippen LogP contribution in [0.3, 0.4) is 0 Å². The first kappa shape index (κ1) is 16.9. The average molecular weight is 349 g/mol. The number of hydrogen-bond acceptors (Lipinski definition) is 4. The zero-order chi connectivity index (χ0) is 15.6. The highest BCUT2D eigenvalue weighted by atomic mass is 35.5. The summed E-state index contributed by atoms with van der Waals surface area (Å²) in [5.41, 5.74) is 0. The van der Waals surface area contributed by atoms with Crippen LogP contribution in [0.2, 0.25) is 0 Å². The minimum absolute atomic E-state index is 0. The number of fused-ring (bicyclic) bond motifs is 2. The molecule has 6 heteroatoms. The van der Waals surface area contributed by atoms with E-state index in [1.807, 2.05) is 30.3 Å². The minimum atomic E-state index is -0.167. The lowest BCUT2D eigenvalue weighted by Gasteiger charge is -2.29. The second kappa shape index (κ2) is 7.28. The Labute approximate surface area is 147 Å². The van der Waals surface area contributed by atoms with Crippen molar-refractivity contribution in [3.8, 4) is 11.7 Å². The number of hydrogen-bond donors (Lipinski definition) is 2. The minimum Gasteiger partial charge on any atom is -0.426 e. The number of rotatable bonds is 4. The molecule has 2 unspecified atom stereocenters. The Bertz CT molecular complexity index is 677. The summed E-state index contributed by atoms with van der Waals surface area (Å²) < 4.78 is 11.1. The number of carbonyl (C=O) groups excluding carboxylic acids is 1. The number of nitrogens with one attached hydrogen (secondary N) is 2. The first-order chi connectivity index (χ1) is 11.3. The summed E-state index contributed by atoms with van der Waals surface area (Å²) in [7, 11) is 0. The molecular weight excluding hydrogens is 328 g/mol. The van der Waals surface area contributed by atoms with Gasteiger partial charge in [0.25, 0.3) is 11.9 Å². The van der Waals surface area contributed by atoms with Gasteiger partial charge in [-0.3, -0.25) is 4.79 Å². The lowest BCUT2D eigenvalue weighted by Crippen LogP contribution is -2.47. The smallest absolute Gasteiger partial charge is 0.290 e. The van der Waals surface area contributed by atoms with Gasteiger partial charge in [0.05, 0.1) is 0 Å². The molecule has 1 aromatic heterocycles. The van der Waals surface area contributed by atoms with Gasteiger partial charge in [-0.05, 0) is 43.9 Å². The molecule has 2 aliphatic rings. The van der Waals surface area contributed by atoms with Crippen LogP contribution >= 0.6 is 12.4 Å². The molecule has 1 aromatic carbocycles. The van der Waals surface area contributed by atoms with Crippen LogP contribution in [-0.4, -0.2) is 24.0 Å². The van der Waals surface area contributed by atoms with Crippen LogP contribution in [0.15, 0.2) is 46.9 Å². The fourth-order valence-corrected chi connectivity index (χ4v) is 3.53. The van der Waals surface area contributed by atoms with Gasteiger partial charge in [0, 0.05) is 24.2 Å². The molecule has 2 bridgehead atoms. The van der Waals surface area contributed by atoms with Crippen molar-refractivity contribution >= 4 is 18.3 Å². The molecule has 2 N–H and O–H groups in total. The van der Waals surface area contributed by atoms with Gasteiger partial charge >= 0.3 is 0 Å². The van der Waals surface area contributed by atoms with Crippen LogP contribution in [-0.2, 0) is 0 Å². The topological polar surface area (TPSA) is 63.5 Å². The van der Waals surface area contributed by atoms with E-state index in [1.165, 1.54) is 12.8 Å². The summed E-state index contributed by atoms with van der Waals surface area (Å²) in [6.45, 7) is 0. The van der Waals surface area contributed by atoms with Crippen molar-refractivity contribution in [2.75, 3.05) is 0 Å². The van der Waals surface area contributed by atoms with Gasteiger partial charge in [0.2, 0.25) is 0 Å². The quantitative estimate of drug-likeness (QED) is 0.887. The number of piperidine rings is 1. The molecule has 128 valence electrons. The molecule has 0 aliphatic carbocycles. The number of para-hydroxylation sites is 1. The molecule has 1 amide bonds. The third-order valence-electron chi connectivity index (χ3n) is 4.58. The highest BCUT2D eigenvalue weighted by Gasteiger charge is 2.34. The van der Waals surface area contributed by atoms with Gasteiger partial charge in [0.15, 0.2) is 5.76 Å². The van der Waals surface area contributed by atoms with Crippen molar-refractivity contribution in [1.29, 1.82) is 0 Å². The zero-order valence-electron chi connectivity index (χ0n) is 13.2. The number of halogens is 1. The fraction of sp³-hybridized carbons (Fsp3) is 0.389. The molecule has 2 aliphatic heterocycles. The summed E-state index contributed by atoms with van der Waals surface area (Å²) in [5, 5.41) is 6.65. The van der Waals surface area contributed by atoms with E-state index < -0.39 is 0 Å². The van der Waals surface area contributed by atoms with E-state index in [2.05, 4.69) is 10.6 Å². The predicted octanol–water partition coefficient (Wildman–Crippen LogP) is 3.51. The first-order valence-corrected chi connectivity index (χ1v) is 8.16. The normalized spacial score (nSPS) is 24.9. The van der Waals surface area contributed by atoms with Crippen molar-refractivity contribution < 1.29 is 13.9 Å². The van der Waals surface area contributed by atoms with Crippen molar-refractivity contribution in [2.45, 2.75) is 43.8 Å². The van der Waals surface area contributed by atoms with E-state index in [9.17, 15) is 4.79 Å². The van der Waals surface area contributed by atoms with Crippen LogP contribution in [0.25, 0.3) is 0 Å². The van der Waals surface area contributed by atoms with Gasteiger partial charge in [-0.25, -0.2) is 0 Å². The molecule has 2 atom stereocenters. The van der Waals surface area contributed by atoms with Crippen molar-refractivity contribution in [2.24, 2.45) is 0 Å². The lowest BCUT2D eigenvalue weighted by molar-refractivity contribution is 0.0890. The van der Waals surface area contributed by atoms with Gasteiger partial charge in [-0.15, -0.1) is 12.4 Å². The second-order valence-electron chi connectivity index (χ2n) is 6.31. The fourth-order valence-electron chi connectivity index (χ4n) is 3.53. The highest BCUT2D eigenvalue weighted by Crippen LogP contribution is 2.27. The van der Waals surface area contributed by atoms with Crippen LogP contribution in [0, 0.1) is 0 Å². The monoisotopic (exact) mass is 348 g/mol. The Hall–Kier alpha value is -1.98. The van der Waals surface area contributed by atoms with Crippen LogP contribution in [0.5, 0.6) is 11.7 Å². The predicted molar refractivity (Wildman–Crippen MR) is 92.9 cm³/mol. The number of carbonyl (C=O) groups is 1. The molecule has 0 saturated carbocycles. The first-order valence-electron chi connectivity index (χ1n) is 8.16. The summed E-state index contributed by atoms with van der Waals surface area (Å²) in [6, 6.07) is 14.0. The van der Waals surface area contributed by atoms with Crippen molar-refractivity contribution in [3.63, 3.8) is 0 Å². The second-order valence-corrected chi connectivity index (χ2v) is 6.31. The van der Waals surface area contributed by atoms with Crippen molar-refractivity contribution in [3.05, 3.63) is 48.2 Å². The van der Waals surface area contributed by atoms with Crippen LogP contribution in [0.1, 0.15) is 36.2 Å². The number of furan rings is 1. The Morgan fingerprint density at radius 1 is 1.08 bits per heavy atom. The van der Waals surface area contributed by atoms with Gasteiger partial charge in [-0.2, -0.15) is 0 Å². The molecule has 2 fully saturated rings. The Kier molecular flexibility index (Phi) is 5.11. The molecule has 0 spiro atoms. The van der Waals surface area contributed by atoms with Gasteiger partial charge in [0.1, 0.15) is 5.75 Å². The highest BCUT2D eigenvalue weighted by molar-refractivity contribution is 5.91. The summed E-state index contributed by atoms with van der Waals surface area (Å²) in [6.07, 6.45) is 4.42. The molecule has 0 radical (unpaired) electrons. The van der Waals surface area contributed by atoms with E-state index in [4.69, 9.17) is 9.15 Å². The zero-order valence-corrected chi connectivity index (χ0v) is 14.1. The van der Waals surface area contributed by atoms with Crippen LogP contribution in [0.4, 0.5) is 0 Å². The SMILES string of the molecule is Cl.O=C(NC1CC2CCC(C1)N2)c1ccc(Oc2ccccc2)o1. The van der Waals surface area contributed by atoms with E-state index in [1.54, 1.807) is 12.1 Å². The largest absolute Gasteiger partial charge is 0.426 e. The van der Waals surface area contributed by atoms with E-state index >= 15 is 0 Å². The number of benzene rings is 1. The maximum Gasteiger partial charge on any atom is 0.290 e. The van der Waals surface area contributed by atoms with Gasteiger partial charge in [-0.1, -0.05) is 18.2 Å². The molecular formula is C18H21ClN2O3. The summed E-state index contributed by atoms with van der Waals surface area (Å²) in [5.74, 6) is 1.14. The molecule has 2 saturated heterocycles. The van der Waals surface area contributed by atoms with E-state index in [-0.39, 0.29) is 24.4 Å². The van der Waals surface area contributed by atoms with Crippen molar-refractivity contribution in [1.82, 2.24) is 10.6 Å². The standard InChI is InChI=1S/C18H20N2O3.ClH/c21-18(20-14-10-12-6-7-13(11-14)19-12)16-8-9-17(23-16)22-15-4-2-1-3-5-15;/h1-5,8-9,12-14,19H,6-7,10-11H2,(H,20,21);1H. The molecule has 4 rings (SSSR count). The van der Waals surface area contributed by atoms with Crippen LogP contribution < -0.4 is 15.4 Å². The van der Waals surface area contributed by atoms with Gasteiger partial charge < -0.3 is 19.8 Å². The van der Waals surface area contributed by atoms with E-state index in [0.717, 1.165) is 12.8 Å². The number of ether oxygens (including phenoxy) is 1.